The Balaban J connectivity index is 1.55. The van der Waals surface area contributed by atoms with Crippen molar-refractivity contribution in [3.05, 3.63) is 42.5 Å². The summed E-state index contributed by atoms with van der Waals surface area (Å²) in [5.74, 6) is 0.947. The predicted octanol–water partition coefficient (Wildman–Crippen LogP) is 1.13. The molecule has 3 rings (SSSR count). The van der Waals surface area contributed by atoms with Crippen LogP contribution in [0.15, 0.2) is 36.7 Å². The fourth-order valence-corrected chi connectivity index (χ4v) is 2.32. The summed E-state index contributed by atoms with van der Waals surface area (Å²) >= 11 is 0. The summed E-state index contributed by atoms with van der Waals surface area (Å²) in [5.41, 5.74) is 1.32. The Kier molecular flexibility index (Phi) is 3.23. The summed E-state index contributed by atoms with van der Waals surface area (Å²) in [6.45, 7) is 5.13. The molecular weight excluding hydrogens is 226 g/mol. The van der Waals surface area contributed by atoms with Crippen molar-refractivity contribution in [1.82, 2.24) is 20.1 Å². The summed E-state index contributed by atoms with van der Waals surface area (Å²) in [5, 5.41) is 6.79. The second-order valence-electron chi connectivity index (χ2n) is 4.53. The molecule has 1 fully saturated rings. The largest absolute Gasteiger partial charge is 0.369 e. The van der Waals surface area contributed by atoms with E-state index < -0.39 is 0 Å². The van der Waals surface area contributed by atoms with Crippen LogP contribution in [0.2, 0.25) is 0 Å². The van der Waals surface area contributed by atoms with Gasteiger partial charge in [-0.1, -0.05) is 18.2 Å². The maximum absolute atomic E-state index is 4.17. The molecule has 1 aromatic carbocycles. The molecule has 1 aromatic heterocycles. The zero-order chi connectivity index (χ0) is 12.2. The third-order valence-corrected chi connectivity index (χ3v) is 3.33. The minimum Gasteiger partial charge on any atom is -0.369 e. The first-order valence-corrected chi connectivity index (χ1v) is 6.28. The van der Waals surface area contributed by atoms with Gasteiger partial charge in [0, 0.05) is 31.9 Å². The van der Waals surface area contributed by atoms with Gasteiger partial charge >= 0.3 is 0 Å². The number of H-pyrrole nitrogens is 1. The van der Waals surface area contributed by atoms with Gasteiger partial charge in [-0.25, -0.2) is 4.98 Å². The third-order valence-electron chi connectivity index (χ3n) is 3.33. The molecule has 1 aliphatic heterocycles. The van der Waals surface area contributed by atoms with E-state index in [1.54, 1.807) is 6.33 Å². The maximum atomic E-state index is 4.17. The standard InChI is InChI=1S/C13H17N5/c1-2-4-12(5-3-1)18-8-6-17(7-9-18)10-13-14-11-15-16-13/h1-5,11H,6-10H2,(H,14,15,16). The van der Waals surface area contributed by atoms with Gasteiger partial charge in [0.05, 0.1) is 6.54 Å². The number of aromatic nitrogens is 3. The minimum atomic E-state index is 0.864. The monoisotopic (exact) mass is 243 g/mol. The number of hydrogen-bond acceptors (Lipinski definition) is 4. The molecule has 0 aliphatic carbocycles. The second kappa shape index (κ2) is 5.18. The van der Waals surface area contributed by atoms with Gasteiger partial charge in [0.15, 0.2) is 0 Å². The second-order valence-corrected chi connectivity index (χ2v) is 4.53. The number of benzene rings is 1. The zero-order valence-corrected chi connectivity index (χ0v) is 10.3. The van der Waals surface area contributed by atoms with Crippen molar-refractivity contribution < 1.29 is 0 Å². The van der Waals surface area contributed by atoms with Gasteiger partial charge in [-0.3, -0.25) is 10.00 Å². The highest BCUT2D eigenvalue weighted by atomic mass is 15.3. The third kappa shape index (κ3) is 2.51. The normalized spacial score (nSPS) is 17.0. The highest BCUT2D eigenvalue weighted by Crippen LogP contribution is 2.15. The maximum Gasteiger partial charge on any atom is 0.138 e. The van der Waals surface area contributed by atoms with Gasteiger partial charge in [-0.15, -0.1) is 0 Å². The van der Waals surface area contributed by atoms with Crippen LogP contribution in [0.1, 0.15) is 5.82 Å². The van der Waals surface area contributed by atoms with Gasteiger partial charge in [0.25, 0.3) is 0 Å². The van der Waals surface area contributed by atoms with Gasteiger partial charge in [0.2, 0.25) is 0 Å². The quantitative estimate of drug-likeness (QED) is 0.878. The molecule has 2 aromatic rings. The van der Waals surface area contributed by atoms with Crippen LogP contribution < -0.4 is 4.90 Å². The average Bonchev–Trinajstić information content (AvgIpc) is 2.94. The van der Waals surface area contributed by atoms with E-state index in [2.05, 4.69) is 55.3 Å². The van der Waals surface area contributed by atoms with Crippen LogP contribution in [0, 0.1) is 0 Å². The van der Waals surface area contributed by atoms with Gasteiger partial charge in [-0.05, 0) is 12.1 Å². The molecule has 5 heteroatoms. The van der Waals surface area contributed by atoms with Crippen LogP contribution in [0.4, 0.5) is 5.69 Å². The first-order chi connectivity index (χ1) is 8.92. The first kappa shape index (κ1) is 11.2. The molecule has 0 radical (unpaired) electrons. The Morgan fingerprint density at radius 3 is 2.50 bits per heavy atom. The van der Waals surface area contributed by atoms with Crippen LogP contribution in [-0.4, -0.2) is 46.3 Å². The summed E-state index contributed by atoms with van der Waals surface area (Å²) in [7, 11) is 0. The van der Waals surface area contributed by atoms with E-state index >= 15 is 0 Å². The number of anilines is 1. The van der Waals surface area contributed by atoms with Crippen molar-refractivity contribution in [1.29, 1.82) is 0 Å². The fourth-order valence-electron chi connectivity index (χ4n) is 2.32. The summed E-state index contributed by atoms with van der Waals surface area (Å²) < 4.78 is 0. The molecule has 1 saturated heterocycles. The van der Waals surface area contributed by atoms with Crippen molar-refractivity contribution >= 4 is 5.69 Å². The van der Waals surface area contributed by atoms with E-state index in [9.17, 15) is 0 Å². The molecule has 0 saturated carbocycles. The number of rotatable bonds is 3. The van der Waals surface area contributed by atoms with Crippen molar-refractivity contribution in [3.8, 4) is 0 Å². The average molecular weight is 243 g/mol. The molecule has 18 heavy (non-hydrogen) atoms. The molecule has 0 amide bonds. The Morgan fingerprint density at radius 1 is 1.06 bits per heavy atom. The van der Waals surface area contributed by atoms with Gasteiger partial charge in [-0.2, -0.15) is 5.10 Å². The number of aromatic amines is 1. The van der Waals surface area contributed by atoms with Crippen LogP contribution in [0.25, 0.3) is 0 Å². The highest BCUT2D eigenvalue weighted by molar-refractivity contribution is 5.46. The number of para-hydroxylation sites is 1. The Bertz CT molecular complexity index is 459. The first-order valence-electron chi connectivity index (χ1n) is 6.28. The highest BCUT2D eigenvalue weighted by Gasteiger charge is 2.17. The van der Waals surface area contributed by atoms with Crippen LogP contribution in [0.5, 0.6) is 0 Å². The lowest BCUT2D eigenvalue weighted by atomic mass is 10.2. The van der Waals surface area contributed by atoms with E-state index in [1.807, 2.05) is 0 Å². The molecule has 0 unspecified atom stereocenters. The summed E-state index contributed by atoms with van der Waals surface area (Å²) in [6.07, 6.45) is 1.57. The minimum absolute atomic E-state index is 0.864. The van der Waals surface area contributed by atoms with E-state index in [-0.39, 0.29) is 0 Å². The van der Waals surface area contributed by atoms with Crippen LogP contribution in [0.3, 0.4) is 0 Å². The Labute approximate surface area is 106 Å². The molecule has 2 heterocycles. The molecule has 0 bridgehead atoms. The lowest BCUT2D eigenvalue weighted by Gasteiger charge is -2.35. The van der Waals surface area contributed by atoms with E-state index in [0.717, 1.165) is 38.5 Å². The SMILES string of the molecule is c1ccc(N2CCN(Cc3ncn[nH]3)CC2)cc1. The lowest BCUT2D eigenvalue weighted by Crippen LogP contribution is -2.46. The molecule has 1 N–H and O–H groups in total. The molecule has 1 aliphatic rings. The summed E-state index contributed by atoms with van der Waals surface area (Å²) in [6, 6.07) is 10.6. The Morgan fingerprint density at radius 2 is 1.83 bits per heavy atom. The molecule has 0 atom stereocenters. The van der Waals surface area contributed by atoms with Crippen molar-refractivity contribution in [2.45, 2.75) is 6.54 Å². The van der Waals surface area contributed by atoms with Crippen LogP contribution >= 0.6 is 0 Å². The lowest BCUT2D eigenvalue weighted by molar-refractivity contribution is 0.244. The number of nitrogens with one attached hydrogen (secondary N) is 1. The molecule has 94 valence electrons. The number of nitrogens with zero attached hydrogens (tertiary/aromatic N) is 4. The summed E-state index contributed by atoms with van der Waals surface area (Å²) in [4.78, 5) is 9.00. The van der Waals surface area contributed by atoms with Crippen LogP contribution in [-0.2, 0) is 6.54 Å². The van der Waals surface area contributed by atoms with Gasteiger partial charge in [0.1, 0.15) is 12.2 Å². The molecule has 0 spiro atoms. The predicted molar refractivity (Wildman–Crippen MR) is 70.3 cm³/mol. The van der Waals surface area contributed by atoms with Crippen molar-refractivity contribution in [3.63, 3.8) is 0 Å². The van der Waals surface area contributed by atoms with E-state index in [4.69, 9.17) is 0 Å². The van der Waals surface area contributed by atoms with Crippen molar-refractivity contribution in [2.75, 3.05) is 31.1 Å². The van der Waals surface area contributed by atoms with Gasteiger partial charge < -0.3 is 4.90 Å². The Hall–Kier alpha value is -1.88. The fraction of sp³-hybridized carbons (Fsp3) is 0.385. The van der Waals surface area contributed by atoms with E-state index in [0.29, 0.717) is 0 Å². The number of piperazine rings is 1. The van der Waals surface area contributed by atoms with E-state index in [1.165, 1.54) is 5.69 Å². The smallest absolute Gasteiger partial charge is 0.138 e. The molecular formula is C13H17N5. The zero-order valence-electron chi connectivity index (χ0n) is 10.3. The molecule has 5 nitrogen and oxygen atoms in total. The van der Waals surface area contributed by atoms with Crippen molar-refractivity contribution in [2.24, 2.45) is 0 Å². The topological polar surface area (TPSA) is 48.1 Å². The number of hydrogen-bond donors (Lipinski definition) is 1.